The molecule has 1 atom stereocenters. The Bertz CT molecular complexity index is 388. The van der Waals surface area contributed by atoms with Crippen molar-refractivity contribution in [2.45, 2.75) is 46.1 Å². The zero-order valence-corrected chi connectivity index (χ0v) is 12.1. The molecule has 1 rings (SSSR count). The zero-order valence-electron chi connectivity index (χ0n) is 12.1. The van der Waals surface area contributed by atoms with Gasteiger partial charge in [-0.3, -0.25) is 10.1 Å². The summed E-state index contributed by atoms with van der Waals surface area (Å²) >= 11 is 0. The molecule has 4 heteroatoms. The minimum Gasteiger partial charge on any atom is -0.314 e. The minimum atomic E-state index is -0.365. The first-order valence-corrected chi connectivity index (χ1v) is 6.95. The fourth-order valence-electron chi connectivity index (χ4n) is 1.93. The molecule has 4 nitrogen and oxygen atoms in total. The standard InChI is InChI=1S/C15H24N2O2/c1-12(2)4-5-13(3)16-11-10-14-6-8-15(9-7-14)17(18)19/h6-9,12-13,16H,4-5,10-11H2,1-3H3. The number of benzene rings is 1. The molecule has 0 spiro atoms. The fraction of sp³-hybridized carbons (Fsp3) is 0.600. The summed E-state index contributed by atoms with van der Waals surface area (Å²) < 4.78 is 0. The van der Waals surface area contributed by atoms with Crippen molar-refractivity contribution in [2.75, 3.05) is 6.54 Å². The molecule has 0 saturated heterocycles. The van der Waals surface area contributed by atoms with Crippen LogP contribution in [0.15, 0.2) is 24.3 Å². The highest BCUT2D eigenvalue weighted by atomic mass is 16.6. The summed E-state index contributed by atoms with van der Waals surface area (Å²) in [6, 6.07) is 7.33. The highest BCUT2D eigenvalue weighted by Crippen LogP contribution is 2.12. The Morgan fingerprint density at radius 1 is 1.16 bits per heavy atom. The van der Waals surface area contributed by atoms with Gasteiger partial charge in [0.25, 0.3) is 5.69 Å². The molecule has 0 amide bonds. The molecule has 19 heavy (non-hydrogen) atoms. The maximum atomic E-state index is 10.5. The molecule has 0 aliphatic rings. The van der Waals surface area contributed by atoms with Crippen molar-refractivity contribution < 1.29 is 4.92 Å². The Labute approximate surface area is 115 Å². The lowest BCUT2D eigenvalue weighted by atomic mass is 10.0. The van der Waals surface area contributed by atoms with Crippen molar-refractivity contribution in [3.05, 3.63) is 39.9 Å². The van der Waals surface area contributed by atoms with Crippen molar-refractivity contribution >= 4 is 5.69 Å². The first kappa shape index (κ1) is 15.6. The van der Waals surface area contributed by atoms with E-state index in [0.717, 1.165) is 24.4 Å². The fourth-order valence-corrected chi connectivity index (χ4v) is 1.93. The smallest absolute Gasteiger partial charge is 0.269 e. The molecule has 0 aromatic heterocycles. The summed E-state index contributed by atoms with van der Waals surface area (Å²) in [5.41, 5.74) is 1.29. The van der Waals surface area contributed by atoms with E-state index in [4.69, 9.17) is 0 Å². The molecule has 0 bridgehead atoms. The second-order valence-corrected chi connectivity index (χ2v) is 5.50. The number of rotatable bonds is 8. The highest BCUT2D eigenvalue weighted by molar-refractivity contribution is 5.32. The van der Waals surface area contributed by atoms with Crippen LogP contribution in [0.5, 0.6) is 0 Å². The van der Waals surface area contributed by atoms with E-state index in [1.54, 1.807) is 12.1 Å². The molecule has 1 N–H and O–H groups in total. The first-order chi connectivity index (χ1) is 8.99. The van der Waals surface area contributed by atoms with Crippen LogP contribution < -0.4 is 5.32 Å². The molecule has 0 aliphatic carbocycles. The quantitative estimate of drug-likeness (QED) is 0.577. The van der Waals surface area contributed by atoms with E-state index in [0.29, 0.717) is 6.04 Å². The molecule has 1 aromatic rings. The van der Waals surface area contributed by atoms with Crippen LogP contribution in [0.4, 0.5) is 5.69 Å². The Balaban J connectivity index is 2.27. The average molecular weight is 264 g/mol. The SMILES string of the molecule is CC(C)CCC(C)NCCc1ccc([N+](=O)[O-])cc1. The lowest BCUT2D eigenvalue weighted by molar-refractivity contribution is -0.384. The van der Waals surface area contributed by atoms with E-state index < -0.39 is 0 Å². The summed E-state index contributed by atoms with van der Waals surface area (Å²) in [6.45, 7) is 7.60. The maximum absolute atomic E-state index is 10.5. The van der Waals surface area contributed by atoms with Crippen LogP contribution in [0, 0.1) is 16.0 Å². The normalized spacial score (nSPS) is 12.6. The van der Waals surface area contributed by atoms with Gasteiger partial charge in [0.2, 0.25) is 0 Å². The number of hydrogen-bond acceptors (Lipinski definition) is 3. The summed E-state index contributed by atoms with van der Waals surface area (Å²) in [4.78, 5) is 10.2. The van der Waals surface area contributed by atoms with Gasteiger partial charge in [0.05, 0.1) is 4.92 Å². The zero-order chi connectivity index (χ0) is 14.3. The van der Waals surface area contributed by atoms with Gasteiger partial charge in [0, 0.05) is 18.2 Å². The number of hydrogen-bond donors (Lipinski definition) is 1. The summed E-state index contributed by atoms with van der Waals surface area (Å²) in [5.74, 6) is 0.749. The summed E-state index contributed by atoms with van der Waals surface area (Å²) in [7, 11) is 0. The maximum Gasteiger partial charge on any atom is 0.269 e. The van der Waals surface area contributed by atoms with Crippen LogP contribution in [-0.2, 0) is 6.42 Å². The Morgan fingerprint density at radius 3 is 2.32 bits per heavy atom. The van der Waals surface area contributed by atoms with E-state index in [-0.39, 0.29) is 10.6 Å². The second kappa shape index (κ2) is 7.89. The van der Waals surface area contributed by atoms with E-state index in [2.05, 4.69) is 26.1 Å². The van der Waals surface area contributed by atoms with Gasteiger partial charge in [-0.1, -0.05) is 26.0 Å². The summed E-state index contributed by atoms with van der Waals surface area (Å²) in [6.07, 6.45) is 3.34. The molecule has 0 saturated carbocycles. The predicted octanol–water partition coefficient (Wildman–Crippen LogP) is 3.55. The van der Waals surface area contributed by atoms with Crippen LogP contribution in [0.2, 0.25) is 0 Å². The average Bonchev–Trinajstić information content (AvgIpc) is 2.37. The lowest BCUT2D eigenvalue weighted by Crippen LogP contribution is -2.28. The van der Waals surface area contributed by atoms with Crippen molar-refractivity contribution in [3.63, 3.8) is 0 Å². The molecule has 0 aliphatic heterocycles. The molecule has 106 valence electrons. The van der Waals surface area contributed by atoms with Gasteiger partial charge in [-0.2, -0.15) is 0 Å². The Hall–Kier alpha value is -1.42. The van der Waals surface area contributed by atoms with Gasteiger partial charge >= 0.3 is 0 Å². The summed E-state index contributed by atoms with van der Waals surface area (Å²) in [5, 5.41) is 14.0. The van der Waals surface area contributed by atoms with E-state index in [9.17, 15) is 10.1 Å². The second-order valence-electron chi connectivity index (χ2n) is 5.50. The van der Waals surface area contributed by atoms with E-state index in [1.165, 1.54) is 12.8 Å². The van der Waals surface area contributed by atoms with Gasteiger partial charge in [-0.25, -0.2) is 0 Å². The highest BCUT2D eigenvalue weighted by Gasteiger charge is 2.05. The number of non-ortho nitro benzene ring substituents is 1. The third-order valence-electron chi connectivity index (χ3n) is 3.23. The van der Waals surface area contributed by atoms with Gasteiger partial charge in [-0.05, 0) is 44.2 Å². The van der Waals surface area contributed by atoms with Gasteiger partial charge in [-0.15, -0.1) is 0 Å². The minimum absolute atomic E-state index is 0.155. The van der Waals surface area contributed by atoms with Crippen molar-refractivity contribution in [2.24, 2.45) is 5.92 Å². The third kappa shape index (κ3) is 6.34. The Morgan fingerprint density at radius 2 is 1.79 bits per heavy atom. The molecule has 0 radical (unpaired) electrons. The third-order valence-corrected chi connectivity index (χ3v) is 3.23. The van der Waals surface area contributed by atoms with Crippen molar-refractivity contribution in [3.8, 4) is 0 Å². The lowest BCUT2D eigenvalue weighted by Gasteiger charge is -2.14. The molecular formula is C15H24N2O2. The first-order valence-electron chi connectivity index (χ1n) is 6.95. The number of nitrogens with one attached hydrogen (secondary N) is 1. The van der Waals surface area contributed by atoms with Gasteiger partial charge in [0.15, 0.2) is 0 Å². The molecule has 1 unspecified atom stereocenters. The predicted molar refractivity (Wildman–Crippen MR) is 78.3 cm³/mol. The van der Waals surface area contributed by atoms with Gasteiger partial charge < -0.3 is 5.32 Å². The van der Waals surface area contributed by atoms with Crippen LogP contribution in [0.25, 0.3) is 0 Å². The molecular weight excluding hydrogens is 240 g/mol. The van der Waals surface area contributed by atoms with Crippen molar-refractivity contribution in [1.82, 2.24) is 5.32 Å². The topological polar surface area (TPSA) is 55.2 Å². The van der Waals surface area contributed by atoms with Crippen LogP contribution in [-0.4, -0.2) is 17.5 Å². The molecule has 0 fully saturated rings. The number of nitrogens with zero attached hydrogens (tertiary/aromatic N) is 1. The molecule has 0 heterocycles. The van der Waals surface area contributed by atoms with Gasteiger partial charge in [0.1, 0.15) is 0 Å². The number of nitro benzene ring substituents is 1. The Kier molecular flexibility index (Phi) is 6.50. The largest absolute Gasteiger partial charge is 0.314 e. The van der Waals surface area contributed by atoms with E-state index in [1.807, 2.05) is 12.1 Å². The monoisotopic (exact) mass is 264 g/mol. The molecule has 1 aromatic carbocycles. The van der Waals surface area contributed by atoms with Crippen LogP contribution in [0.3, 0.4) is 0 Å². The van der Waals surface area contributed by atoms with Crippen molar-refractivity contribution in [1.29, 1.82) is 0 Å². The number of nitro groups is 1. The van der Waals surface area contributed by atoms with E-state index >= 15 is 0 Å². The van der Waals surface area contributed by atoms with Crippen LogP contribution >= 0.6 is 0 Å². The van der Waals surface area contributed by atoms with Crippen LogP contribution in [0.1, 0.15) is 39.2 Å².